The maximum Gasteiger partial charge on any atom is 0.151 e. The Morgan fingerprint density at radius 1 is 1.22 bits per heavy atom. The molecule has 0 radical (unpaired) electrons. The van der Waals surface area contributed by atoms with Gasteiger partial charge in [0.25, 0.3) is 0 Å². The fraction of sp³-hybridized carbons (Fsp3) is 0.538. The molecule has 1 saturated heterocycles. The van der Waals surface area contributed by atoms with E-state index in [1.807, 2.05) is 0 Å². The molecule has 1 fully saturated rings. The Kier molecular flexibility index (Phi) is 4.01. The molecular formula is C13H18F2N2O. The van der Waals surface area contributed by atoms with E-state index in [-0.39, 0.29) is 24.0 Å². The Morgan fingerprint density at radius 3 is 2.50 bits per heavy atom. The molecular weight excluding hydrogens is 238 g/mol. The standard InChI is InChI=1S/C13H18F2N2O/c14-11-6-9(16)7-12(15)13(11)17-5-3-1-2-4-10(17)8-18/h6-7,10,18H,1-5,8,16H2. The third-order valence-corrected chi connectivity index (χ3v) is 3.41. The Balaban J connectivity index is 2.38. The van der Waals surface area contributed by atoms with Gasteiger partial charge >= 0.3 is 0 Å². The van der Waals surface area contributed by atoms with Crippen molar-refractivity contribution in [1.82, 2.24) is 0 Å². The van der Waals surface area contributed by atoms with Gasteiger partial charge < -0.3 is 15.7 Å². The first-order valence-corrected chi connectivity index (χ1v) is 6.25. The average Bonchev–Trinajstić information content (AvgIpc) is 2.53. The van der Waals surface area contributed by atoms with E-state index in [1.165, 1.54) is 0 Å². The number of nitrogens with two attached hydrogens (primary N) is 1. The van der Waals surface area contributed by atoms with Gasteiger partial charge in [-0.25, -0.2) is 8.78 Å². The largest absolute Gasteiger partial charge is 0.399 e. The highest BCUT2D eigenvalue weighted by molar-refractivity contribution is 5.56. The second-order valence-electron chi connectivity index (χ2n) is 4.71. The highest BCUT2D eigenvalue weighted by Crippen LogP contribution is 2.30. The summed E-state index contributed by atoms with van der Waals surface area (Å²) in [5, 5.41) is 9.37. The summed E-state index contributed by atoms with van der Waals surface area (Å²) in [7, 11) is 0. The van der Waals surface area contributed by atoms with E-state index in [9.17, 15) is 13.9 Å². The van der Waals surface area contributed by atoms with Crippen LogP contribution in [0.2, 0.25) is 0 Å². The maximum absolute atomic E-state index is 13.9. The molecule has 3 N–H and O–H groups in total. The third-order valence-electron chi connectivity index (χ3n) is 3.41. The molecule has 5 heteroatoms. The average molecular weight is 256 g/mol. The zero-order valence-electron chi connectivity index (χ0n) is 10.2. The molecule has 1 atom stereocenters. The maximum atomic E-state index is 13.9. The van der Waals surface area contributed by atoms with Gasteiger partial charge in [-0.3, -0.25) is 0 Å². The van der Waals surface area contributed by atoms with E-state index in [4.69, 9.17) is 5.73 Å². The van der Waals surface area contributed by atoms with Crippen LogP contribution in [0.1, 0.15) is 25.7 Å². The summed E-state index contributed by atoms with van der Waals surface area (Å²) < 4.78 is 27.8. The van der Waals surface area contributed by atoms with Crippen LogP contribution in [0.3, 0.4) is 0 Å². The van der Waals surface area contributed by atoms with Gasteiger partial charge in [0.1, 0.15) is 5.69 Å². The van der Waals surface area contributed by atoms with Crippen LogP contribution in [0.25, 0.3) is 0 Å². The lowest BCUT2D eigenvalue weighted by molar-refractivity contribution is 0.254. The molecule has 1 aliphatic rings. The van der Waals surface area contributed by atoms with Gasteiger partial charge in [-0.05, 0) is 25.0 Å². The van der Waals surface area contributed by atoms with Crippen LogP contribution in [-0.2, 0) is 0 Å². The van der Waals surface area contributed by atoms with Crippen molar-refractivity contribution >= 4 is 11.4 Å². The second-order valence-corrected chi connectivity index (χ2v) is 4.71. The molecule has 0 aliphatic carbocycles. The molecule has 100 valence electrons. The summed E-state index contributed by atoms with van der Waals surface area (Å²) in [6.45, 7) is 0.465. The summed E-state index contributed by atoms with van der Waals surface area (Å²) in [5.41, 5.74) is 5.42. The number of rotatable bonds is 2. The number of nitrogen functional groups attached to an aromatic ring is 1. The van der Waals surface area contributed by atoms with Crippen molar-refractivity contribution in [2.75, 3.05) is 23.8 Å². The quantitative estimate of drug-likeness (QED) is 0.798. The molecule has 1 aliphatic heterocycles. The molecule has 3 nitrogen and oxygen atoms in total. The molecule has 1 heterocycles. The number of anilines is 2. The van der Waals surface area contributed by atoms with Crippen molar-refractivity contribution < 1.29 is 13.9 Å². The van der Waals surface area contributed by atoms with Crippen LogP contribution in [-0.4, -0.2) is 24.3 Å². The minimum absolute atomic E-state index is 0.0647. The lowest BCUT2D eigenvalue weighted by Gasteiger charge is -2.31. The van der Waals surface area contributed by atoms with Crippen LogP contribution in [0.5, 0.6) is 0 Å². The highest BCUT2D eigenvalue weighted by atomic mass is 19.1. The van der Waals surface area contributed by atoms with E-state index in [1.54, 1.807) is 4.90 Å². The van der Waals surface area contributed by atoms with Gasteiger partial charge in [-0.2, -0.15) is 0 Å². The minimum atomic E-state index is -0.659. The molecule has 18 heavy (non-hydrogen) atoms. The summed E-state index contributed by atoms with van der Waals surface area (Å²) in [6.07, 6.45) is 3.62. The summed E-state index contributed by atoms with van der Waals surface area (Å²) in [5.74, 6) is -1.32. The van der Waals surface area contributed by atoms with Crippen LogP contribution < -0.4 is 10.6 Å². The van der Waals surface area contributed by atoms with Gasteiger partial charge in [-0.15, -0.1) is 0 Å². The molecule has 2 rings (SSSR count). The van der Waals surface area contributed by atoms with Crippen LogP contribution >= 0.6 is 0 Å². The number of benzene rings is 1. The Morgan fingerprint density at radius 2 is 1.89 bits per heavy atom. The van der Waals surface area contributed by atoms with Crippen LogP contribution in [0.15, 0.2) is 12.1 Å². The van der Waals surface area contributed by atoms with E-state index in [2.05, 4.69) is 0 Å². The number of hydrogen-bond donors (Lipinski definition) is 2. The first kappa shape index (κ1) is 13.1. The van der Waals surface area contributed by atoms with Crippen molar-refractivity contribution in [3.05, 3.63) is 23.8 Å². The minimum Gasteiger partial charge on any atom is -0.399 e. The van der Waals surface area contributed by atoms with E-state index < -0.39 is 11.6 Å². The highest BCUT2D eigenvalue weighted by Gasteiger charge is 2.25. The fourth-order valence-corrected chi connectivity index (χ4v) is 2.52. The molecule has 1 aromatic rings. The number of aliphatic hydroxyl groups excluding tert-OH is 1. The number of aliphatic hydroxyl groups is 1. The zero-order chi connectivity index (χ0) is 13.1. The van der Waals surface area contributed by atoms with Gasteiger partial charge in [0.05, 0.1) is 12.6 Å². The zero-order valence-corrected chi connectivity index (χ0v) is 10.2. The van der Waals surface area contributed by atoms with Gasteiger partial charge in [0, 0.05) is 12.2 Å². The van der Waals surface area contributed by atoms with E-state index in [0.717, 1.165) is 37.8 Å². The molecule has 0 saturated carbocycles. The topological polar surface area (TPSA) is 49.5 Å². The first-order chi connectivity index (χ1) is 8.63. The molecule has 1 unspecified atom stereocenters. The fourth-order valence-electron chi connectivity index (χ4n) is 2.52. The Hall–Kier alpha value is -1.36. The summed E-state index contributed by atoms with van der Waals surface area (Å²) >= 11 is 0. The normalized spacial score (nSPS) is 20.8. The van der Waals surface area contributed by atoms with Gasteiger partial charge in [0.2, 0.25) is 0 Å². The lowest BCUT2D eigenvalue weighted by Crippen LogP contribution is -2.38. The smallest absolute Gasteiger partial charge is 0.151 e. The number of hydrogen-bond acceptors (Lipinski definition) is 3. The predicted molar refractivity (Wildman–Crippen MR) is 67.5 cm³/mol. The summed E-state index contributed by atoms with van der Waals surface area (Å²) in [6, 6.07) is 2.02. The first-order valence-electron chi connectivity index (χ1n) is 6.25. The summed E-state index contributed by atoms with van der Waals surface area (Å²) in [4.78, 5) is 1.64. The lowest BCUT2D eigenvalue weighted by atomic mass is 10.1. The van der Waals surface area contributed by atoms with Crippen molar-refractivity contribution in [3.63, 3.8) is 0 Å². The van der Waals surface area contributed by atoms with Crippen molar-refractivity contribution in [1.29, 1.82) is 0 Å². The SMILES string of the molecule is Nc1cc(F)c(N2CCCCCC2CO)c(F)c1. The Labute approximate surface area is 105 Å². The molecule has 0 spiro atoms. The molecule has 0 aromatic heterocycles. The van der Waals surface area contributed by atoms with E-state index >= 15 is 0 Å². The van der Waals surface area contributed by atoms with E-state index in [0.29, 0.717) is 6.54 Å². The second kappa shape index (κ2) is 5.52. The van der Waals surface area contributed by atoms with Crippen molar-refractivity contribution in [2.24, 2.45) is 0 Å². The van der Waals surface area contributed by atoms with Crippen LogP contribution in [0.4, 0.5) is 20.2 Å². The van der Waals surface area contributed by atoms with Crippen molar-refractivity contribution in [2.45, 2.75) is 31.7 Å². The van der Waals surface area contributed by atoms with Gasteiger partial charge in [0.15, 0.2) is 11.6 Å². The predicted octanol–water partition coefficient (Wildman–Crippen LogP) is 2.29. The van der Waals surface area contributed by atoms with Crippen molar-refractivity contribution in [3.8, 4) is 0 Å². The Bertz CT molecular complexity index is 402. The molecule has 1 aromatic carbocycles. The number of nitrogens with zero attached hydrogens (tertiary/aromatic N) is 1. The molecule has 0 amide bonds. The van der Waals surface area contributed by atoms with Gasteiger partial charge in [-0.1, -0.05) is 12.8 Å². The molecule has 0 bridgehead atoms. The van der Waals surface area contributed by atoms with Crippen LogP contribution in [0, 0.1) is 11.6 Å². The third kappa shape index (κ3) is 2.56. The number of halogens is 2. The monoisotopic (exact) mass is 256 g/mol.